The Balaban J connectivity index is 1.63. The maximum Gasteiger partial charge on any atom is 0.274 e. The van der Waals surface area contributed by atoms with E-state index in [2.05, 4.69) is 20.2 Å². The molecule has 1 aliphatic rings. The molecular formula is C19H19N5O2. The smallest absolute Gasteiger partial charge is 0.274 e. The molecule has 7 nitrogen and oxygen atoms in total. The van der Waals surface area contributed by atoms with Crippen LogP contribution in [0.3, 0.4) is 0 Å². The summed E-state index contributed by atoms with van der Waals surface area (Å²) in [6.45, 7) is 5.07. The lowest BCUT2D eigenvalue weighted by molar-refractivity contribution is 0.0785. The summed E-state index contributed by atoms with van der Waals surface area (Å²) in [6, 6.07) is 8.97. The molecule has 0 bridgehead atoms. The molecule has 3 heterocycles. The largest absolute Gasteiger partial charge is 0.336 e. The van der Waals surface area contributed by atoms with Gasteiger partial charge in [0.15, 0.2) is 5.69 Å². The van der Waals surface area contributed by atoms with Gasteiger partial charge in [0.05, 0.1) is 5.39 Å². The number of benzene rings is 1. The van der Waals surface area contributed by atoms with Gasteiger partial charge in [0.1, 0.15) is 5.82 Å². The predicted molar refractivity (Wildman–Crippen MR) is 97.1 cm³/mol. The van der Waals surface area contributed by atoms with Crippen molar-refractivity contribution in [3.63, 3.8) is 0 Å². The van der Waals surface area contributed by atoms with E-state index in [9.17, 15) is 9.59 Å². The van der Waals surface area contributed by atoms with Crippen LogP contribution in [0.2, 0.25) is 0 Å². The number of likely N-dealkylation sites (tertiary alicyclic amines) is 1. The number of amides is 1. The van der Waals surface area contributed by atoms with Gasteiger partial charge in [0.2, 0.25) is 0 Å². The van der Waals surface area contributed by atoms with Crippen LogP contribution in [0.1, 0.15) is 40.0 Å². The number of H-pyrrole nitrogens is 1. The first-order chi connectivity index (χ1) is 12.5. The summed E-state index contributed by atoms with van der Waals surface area (Å²) in [5.74, 6) is 0.730. The van der Waals surface area contributed by atoms with Crippen molar-refractivity contribution >= 4 is 16.7 Å². The fraction of sp³-hybridized carbons (Fsp3) is 0.316. The molecular weight excluding hydrogens is 330 g/mol. The van der Waals surface area contributed by atoms with Crippen molar-refractivity contribution in [3.05, 3.63) is 63.6 Å². The van der Waals surface area contributed by atoms with Gasteiger partial charge >= 0.3 is 0 Å². The highest BCUT2D eigenvalue weighted by atomic mass is 16.2. The SMILES string of the molecule is Cc1cc(C)nc([C@H]2CCN(C(=O)c3n[nH]c(=O)c4ccccc34)C2)n1. The Morgan fingerprint density at radius 3 is 2.58 bits per heavy atom. The van der Waals surface area contributed by atoms with Crippen molar-refractivity contribution in [2.75, 3.05) is 13.1 Å². The van der Waals surface area contributed by atoms with E-state index in [1.165, 1.54) is 0 Å². The second-order valence-corrected chi connectivity index (χ2v) is 6.69. The van der Waals surface area contributed by atoms with E-state index in [0.29, 0.717) is 23.9 Å². The Kier molecular flexibility index (Phi) is 3.99. The van der Waals surface area contributed by atoms with Crippen molar-refractivity contribution in [2.24, 2.45) is 0 Å². The van der Waals surface area contributed by atoms with Crippen LogP contribution >= 0.6 is 0 Å². The monoisotopic (exact) mass is 349 g/mol. The van der Waals surface area contributed by atoms with E-state index in [1.807, 2.05) is 19.9 Å². The standard InChI is InChI=1S/C19H19N5O2/c1-11-9-12(2)21-17(20-11)13-7-8-24(10-13)19(26)16-14-5-3-4-6-15(14)18(25)23-22-16/h3-6,9,13H,7-8,10H2,1-2H3,(H,23,25)/t13-/m0/s1. The van der Waals surface area contributed by atoms with Crippen LogP contribution in [-0.4, -0.2) is 44.1 Å². The van der Waals surface area contributed by atoms with Gasteiger partial charge in [-0.1, -0.05) is 18.2 Å². The van der Waals surface area contributed by atoms with E-state index in [0.717, 1.165) is 23.6 Å². The molecule has 0 radical (unpaired) electrons. The Hall–Kier alpha value is -3.09. The molecule has 1 atom stereocenters. The molecule has 1 aromatic carbocycles. The van der Waals surface area contributed by atoms with Crippen LogP contribution < -0.4 is 5.56 Å². The molecule has 1 N–H and O–H groups in total. The van der Waals surface area contributed by atoms with Gasteiger partial charge < -0.3 is 4.90 Å². The Morgan fingerprint density at radius 2 is 1.85 bits per heavy atom. The molecule has 0 spiro atoms. The molecule has 7 heteroatoms. The van der Waals surface area contributed by atoms with Crippen LogP contribution in [0.4, 0.5) is 0 Å². The third-order valence-corrected chi connectivity index (χ3v) is 4.74. The number of rotatable bonds is 2. The maximum atomic E-state index is 13.0. The fourth-order valence-corrected chi connectivity index (χ4v) is 3.52. The second kappa shape index (κ2) is 6.33. The Bertz CT molecular complexity index is 1040. The number of hydrogen-bond donors (Lipinski definition) is 1. The highest BCUT2D eigenvalue weighted by molar-refractivity contribution is 6.04. The van der Waals surface area contributed by atoms with Gasteiger partial charge in [-0.3, -0.25) is 9.59 Å². The molecule has 2 aromatic heterocycles. The van der Waals surface area contributed by atoms with Crippen molar-refractivity contribution in [1.82, 2.24) is 25.1 Å². The van der Waals surface area contributed by atoms with E-state index >= 15 is 0 Å². The number of fused-ring (bicyclic) bond motifs is 1. The minimum atomic E-state index is -0.292. The number of nitrogens with one attached hydrogen (secondary N) is 1. The van der Waals surface area contributed by atoms with Crippen LogP contribution in [0.25, 0.3) is 10.8 Å². The topological polar surface area (TPSA) is 91.8 Å². The lowest BCUT2D eigenvalue weighted by Gasteiger charge is -2.16. The van der Waals surface area contributed by atoms with Crippen molar-refractivity contribution in [1.29, 1.82) is 0 Å². The van der Waals surface area contributed by atoms with E-state index < -0.39 is 0 Å². The summed E-state index contributed by atoms with van der Waals surface area (Å²) in [4.78, 5) is 35.7. The quantitative estimate of drug-likeness (QED) is 0.763. The van der Waals surface area contributed by atoms with Crippen LogP contribution in [0.5, 0.6) is 0 Å². The number of carbonyl (C=O) groups excluding carboxylic acids is 1. The summed E-state index contributed by atoms with van der Waals surface area (Å²) < 4.78 is 0. The minimum Gasteiger partial charge on any atom is -0.336 e. The van der Waals surface area contributed by atoms with Gasteiger partial charge in [0.25, 0.3) is 11.5 Å². The molecule has 4 rings (SSSR count). The minimum absolute atomic E-state index is 0.117. The number of hydrogen-bond acceptors (Lipinski definition) is 5. The molecule has 26 heavy (non-hydrogen) atoms. The molecule has 3 aromatic rings. The summed E-state index contributed by atoms with van der Waals surface area (Å²) in [7, 11) is 0. The third-order valence-electron chi connectivity index (χ3n) is 4.74. The van der Waals surface area contributed by atoms with Crippen LogP contribution in [0.15, 0.2) is 35.1 Å². The summed E-state index contributed by atoms with van der Waals surface area (Å²) in [6.07, 6.45) is 0.815. The second-order valence-electron chi connectivity index (χ2n) is 6.69. The number of aryl methyl sites for hydroxylation is 2. The van der Waals surface area contributed by atoms with Gasteiger partial charge in [-0.15, -0.1) is 0 Å². The van der Waals surface area contributed by atoms with Gasteiger partial charge in [-0.25, -0.2) is 15.1 Å². The average molecular weight is 349 g/mol. The maximum absolute atomic E-state index is 13.0. The fourth-order valence-electron chi connectivity index (χ4n) is 3.52. The molecule has 1 aliphatic heterocycles. The van der Waals surface area contributed by atoms with Crippen molar-refractivity contribution in [3.8, 4) is 0 Å². The first-order valence-corrected chi connectivity index (χ1v) is 8.62. The first kappa shape index (κ1) is 16.4. The van der Waals surface area contributed by atoms with Crippen LogP contribution in [-0.2, 0) is 0 Å². The highest BCUT2D eigenvalue weighted by Crippen LogP contribution is 2.27. The lowest BCUT2D eigenvalue weighted by atomic mass is 10.1. The summed E-state index contributed by atoms with van der Waals surface area (Å²) in [5.41, 5.74) is 1.86. The van der Waals surface area contributed by atoms with E-state index in [-0.39, 0.29) is 23.1 Å². The van der Waals surface area contributed by atoms with Gasteiger partial charge in [-0.05, 0) is 32.4 Å². The zero-order valence-corrected chi connectivity index (χ0v) is 14.7. The zero-order chi connectivity index (χ0) is 18.3. The number of nitrogens with zero attached hydrogens (tertiary/aromatic N) is 4. The first-order valence-electron chi connectivity index (χ1n) is 8.62. The number of aromatic nitrogens is 4. The molecule has 1 amide bonds. The van der Waals surface area contributed by atoms with Crippen molar-refractivity contribution < 1.29 is 4.79 Å². The molecule has 0 unspecified atom stereocenters. The Morgan fingerprint density at radius 1 is 1.15 bits per heavy atom. The molecule has 0 saturated carbocycles. The van der Waals surface area contributed by atoms with Crippen molar-refractivity contribution in [2.45, 2.75) is 26.2 Å². The third kappa shape index (κ3) is 2.85. The predicted octanol–water partition coefficient (Wildman–Crippen LogP) is 1.96. The molecule has 1 fully saturated rings. The van der Waals surface area contributed by atoms with E-state index in [1.54, 1.807) is 29.2 Å². The number of aromatic amines is 1. The van der Waals surface area contributed by atoms with Crippen LogP contribution in [0, 0.1) is 13.8 Å². The normalized spacial score (nSPS) is 17.0. The molecule has 0 aliphatic carbocycles. The lowest BCUT2D eigenvalue weighted by Crippen LogP contribution is -2.30. The highest BCUT2D eigenvalue weighted by Gasteiger charge is 2.31. The zero-order valence-electron chi connectivity index (χ0n) is 14.7. The van der Waals surface area contributed by atoms with Gasteiger partial charge in [0, 0.05) is 35.8 Å². The summed E-state index contributed by atoms with van der Waals surface area (Å²) in [5, 5.41) is 7.49. The average Bonchev–Trinajstić information content (AvgIpc) is 3.11. The Labute approximate surface area is 150 Å². The number of carbonyl (C=O) groups is 1. The molecule has 132 valence electrons. The van der Waals surface area contributed by atoms with E-state index in [4.69, 9.17) is 0 Å². The molecule has 1 saturated heterocycles. The summed E-state index contributed by atoms with van der Waals surface area (Å²) >= 11 is 0. The van der Waals surface area contributed by atoms with Gasteiger partial charge in [-0.2, -0.15) is 5.10 Å².